The molecule has 6 nitrogen and oxygen atoms in total. The van der Waals surface area contributed by atoms with E-state index in [0.29, 0.717) is 24.7 Å². The molecule has 1 amide bonds. The molecule has 0 bridgehead atoms. The first kappa shape index (κ1) is 20.3. The van der Waals surface area contributed by atoms with Gasteiger partial charge in [-0.15, -0.1) is 5.10 Å². The summed E-state index contributed by atoms with van der Waals surface area (Å²) in [5, 5.41) is 11.1. The van der Waals surface area contributed by atoms with E-state index < -0.39 is 0 Å². The number of hydrogen-bond acceptors (Lipinski definition) is 4. The fourth-order valence-corrected chi connectivity index (χ4v) is 4.12. The third-order valence-electron chi connectivity index (χ3n) is 5.85. The number of nitrogens with zero attached hydrogens (tertiary/aromatic N) is 4. The summed E-state index contributed by atoms with van der Waals surface area (Å²) >= 11 is 0. The fraction of sp³-hybridized carbons (Fsp3) is 0.375. The van der Waals surface area contributed by atoms with Crippen LogP contribution in [0.15, 0.2) is 60.8 Å². The second-order valence-corrected chi connectivity index (χ2v) is 8.03. The van der Waals surface area contributed by atoms with Crippen molar-refractivity contribution >= 4 is 5.91 Å². The van der Waals surface area contributed by atoms with Gasteiger partial charge in [-0.25, -0.2) is 4.68 Å². The van der Waals surface area contributed by atoms with Crippen LogP contribution in [-0.4, -0.2) is 52.0 Å². The SMILES string of the molecule is Cc1ccccc1Cn1cc(C(=O)NCCN2CCC[C@@H](c3ccccc3)C2)nn1. The van der Waals surface area contributed by atoms with Gasteiger partial charge in [0, 0.05) is 19.6 Å². The molecule has 0 saturated carbocycles. The van der Waals surface area contributed by atoms with E-state index in [-0.39, 0.29) is 5.91 Å². The van der Waals surface area contributed by atoms with Crippen LogP contribution in [0.3, 0.4) is 0 Å². The number of aryl methyl sites for hydroxylation is 1. The van der Waals surface area contributed by atoms with Gasteiger partial charge in [0.15, 0.2) is 5.69 Å². The lowest BCUT2D eigenvalue weighted by Crippen LogP contribution is -2.40. The summed E-state index contributed by atoms with van der Waals surface area (Å²) in [6.45, 7) is 6.29. The number of likely N-dealkylation sites (tertiary alicyclic amines) is 1. The molecule has 3 aromatic rings. The van der Waals surface area contributed by atoms with E-state index in [1.165, 1.54) is 29.5 Å². The zero-order valence-corrected chi connectivity index (χ0v) is 17.5. The molecule has 2 aromatic carbocycles. The Hall–Kier alpha value is -2.99. The first-order valence-electron chi connectivity index (χ1n) is 10.7. The van der Waals surface area contributed by atoms with Crippen molar-refractivity contribution in [2.75, 3.05) is 26.2 Å². The van der Waals surface area contributed by atoms with E-state index in [0.717, 1.165) is 19.6 Å². The highest BCUT2D eigenvalue weighted by Gasteiger charge is 2.21. The summed E-state index contributed by atoms with van der Waals surface area (Å²) in [4.78, 5) is 14.9. The number of hydrogen-bond donors (Lipinski definition) is 1. The van der Waals surface area contributed by atoms with Crippen LogP contribution in [0.2, 0.25) is 0 Å². The quantitative estimate of drug-likeness (QED) is 0.658. The van der Waals surface area contributed by atoms with Gasteiger partial charge in [-0.1, -0.05) is 59.8 Å². The Labute approximate surface area is 177 Å². The van der Waals surface area contributed by atoms with Crippen LogP contribution in [0, 0.1) is 6.92 Å². The summed E-state index contributed by atoms with van der Waals surface area (Å²) in [5.41, 5.74) is 4.16. The number of benzene rings is 2. The average Bonchev–Trinajstić information content (AvgIpc) is 3.25. The topological polar surface area (TPSA) is 63.1 Å². The monoisotopic (exact) mass is 403 g/mol. The highest BCUT2D eigenvalue weighted by Crippen LogP contribution is 2.26. The molecule has 1 aliphatic rings. The highest BCUT2D eigenvalue weighted by molar-refractivity contribution is 5.91. The number of carbonyl (C=O) groups is 1. The van der Waals surface area contributed by atoms with Crippen LogP contribution in [0.25, 0.3) is 0 Å². The van der Waals surface area contributed by atoms with Gasteiger partial charge >= 0.3 is 0 Å². The van der Waals surface area contributed by atoms with Gasteiger partial charge in [-0.05, 0) is 48.9 Å². The lowest BCUT2D eigenvalue weighted by molar-refractivity contribution is 0.0940. The Balaban J connectivity index is 1.25. The van der Waals surface area contributed by atoms with Crippen molar-refractivity contribution < 1.29 is 4.79 Å². The largest absolute Gasteiger partial charge is 0.349 e. The normalized spacial score (nSPS) is 17.0. The van der Waals surface area contributed by atoms with Gasteiger partial charge in [0.2, 0.25) is 0 Å². The van der Waals surface area contributed by atoms with E-state index in [2.05, 4.69) is 69.9 Å². The van der Waals surface area contributed by atoms with Gasteiger partial charge in [-0.3, -0.25) is 4.79 Å². The molecule has 1 aliphatic heterocycles. The molecule has 1 atom stereocenters. The molecular formula is C24H29N5O. The Morgan fingerprint density at radius 3 is 2.77 bits per heavy atom. The van der Waals surface area contributed by atoms with Crippen molar-refractivity contribution in [2.24, 2.45) is 0 Å². The van der Waals surface area contributed by atoms with E-state index in [4.69, 9.17) is 0 Å². The zero-order valence-electron chi connectivity index (χ0n) is 17.5. The maximum Gasteiger partial charge on any atom is 0.273 e. The number of aromatic nitrogens is 3. The lowest BCUT2D eigenvalue weighted by Gasteiger charge is -2.33. The fourth-order valence-electron chi connectivity index (χ4n) is 4.12. The van der Waals surface area contributed by atoms with Gasteiger partial charge in [0.05, 0.1) is 12.7 Å². The number of nitrogens with one attached hydrogen (secondary N) is 1. The average molecular weight is 404 g/mol. The van der Waals surface area contributed by atoms with E-state index in [1.807, 2.05) is 12.1 Å². The molecule has 156 valence electrons. The number of amides is 1. The molecule has 4 rings (SSSR count). The third-order valence-corrected chi connectivity index (χ3v) is 5.85. The summed E-state index contributed by atoms with van der Waals surface area (Å²) < 4.78 is 1.71. The maximum absolute atomic E-state index is 12.5. The molecule has 0 unspecified atom stereocenters. The van der Waals surface area contributed by atoms with Crippen LogP contribution in [-0.2, 0) is 6.54 Å². The molecular weight excluding hydrogens is 374 g/mol. The Morgan fingerprint density at radius 1 is 1.13 bits per heavy atom. The molecule has 1 fully saturated rings. The lowest BCUT2D eigenvalue weighted by atomic mass is 9.91. The third kappa shape index (κ3) is 5.13. The Kier molecular flexibility index (Phi) is 6.54. The zero-order chi connectivity index (χ0) is 20.8. The van der Waals surface area contributed by atoms with Crippen molar-refractivity contribution in [2.45, 2.75) is 32.2 Å². The second kappa shape index (κ2) is 9.67. The summed E-state index contributed by atoms with van der Waals surface area (Å²) in [7, 11) is 0. The van der Waals surface area contributed by atoms with Crippen molar-refractivity contribution in [3.05, 3.63) is 83.2 Å². The van der Waals surface area contributed by atoms with Crippen LogP contribution >= 0.6 is 0 Å². The summed E-state index contributed by atoms with van der Waals surface area (Å²) in [5.74, 6) is 0.416. The minimum atomic E-state index is -0.164. The predicted molar refractivity (Wildman–Crippen MR) is 117 cm³/mol. The molecule has 1 saturated heterocycles. The maximum atomic E-state index is 12.5. The van der Waals surface area contributed by atoms with E-state index in [9.17, 15) is 4.79 Å². The standard InChI is InChI=1S/C24H29N5O/c1-19-8-5-6-11-21(19)17-29-18-23(26-27-29)24(30)25-13-15-28-14-7-12-22(16-28)20-9-3-2-4-10-20/h2-6,8-11,18,22H,7,12-17H2,1H3,(H,25,30)/t22-/m1/s1. The van der Waals surface area contributed by atoms with Gasteiger partial charge in [0.25, 0.3) is 5.91 Å². The minimum absolute atomic E-state index is 0.164. The van der Waals surface area contributed by atoms with Crippen LogP contribution in [0.1, 0.15) is 45.9 Å². The van der Waals surface area contributed by atoms with Gasteiger partial charge < -0.3 is 10.2 Å². The second-order valence-electron chi connectivity index (χ2n) is 8.03. The molecule has 0 aliphatic carbocycles. The van der Waals surface area contributed by atoms with Crippen molar-refractivity contribution in [3.8, 4) is 0 Å². The Bertz CT molecular complexity index is 968. The van der Waals surface area contributed by atoms with Gasteiger partial charge in [0.1, 0.15) is 0 Å². The smallest absolute Gasteiger partial charge is 0.273 e. The molecule has 2 heterocycles. The molecule has 6 heteroatoms. The van der Waals surface area contributed by atoms with E-state index >= 15 is 0 Å². The predicted octanol–water partition coefficient (Wildman–Crippen LogP) is 3.24. The molecule has 30 heavy (non-hydrogen) atoms. The van der Waals surface area contributed by atoms with Crippen molar-refractivity contribution in [1.82, 2.24) is 25.2 Å². The van der Waals surface area contributed by atoms with Crippen LogP contribution in [0.5, 0.6) is 0 Å². The first-order valence-corrected chi connectivity index (χ1v) is 10.7. The molecule has 0 spiro atoms. The first-order chi connectivity index (χ1) is 14.7. The van der Waals surface area contributed by atoms with Gasteiger partial charge in [-0.2, -0.15) is 0 Å². The highest BCUT2D eigenvalue weighted by atomic mass is 16.2. The van der Waals surface area contributed by atoms with Crippen molar-refractivity contribution in [1.29, 1.82) is 0 Å². The molecule has 1 aromatic heterocycles. The van der Waals surface area contributed by atoms with Crippen LogP contribution < -0.4 is 5.32 Å². The van der Waals surface area contributed by atoms with Crippen molar-refractivity contribution in [3.63, 3.8) is 0 Å². The number of piperidine rings is 1. The molecule has 1 N–H and O–H groups in total. The summed E-state index contributed by atoms with van der Waals surface area (Å²) in [6, 6.07) is 18.9. The Morgan fingerprint density at radius 2 is 1.93 bits per heavy atom. The number of carbonyl (C=O) groups excluding carboxylic acids is 1. The summed E-state index contributed by atoms with van der Waals surface area (Å²) in [6.07, 6.45) is 4.14. The number of rotatable bonds is 7. The minimum Gasteiger partial charge on any atom is -0.349 e. The van der Waals surface area contributed by atoms with Crippen LogP contribution in [0.4, 0.5) is 0 Å². The molecule has 0 radical (unpaired) electrons. The van der Waals surface area contributed by atoms with E-state index in [1.54, 1.807) is 10.9 Å².